The van der Waals surface area contributed by atoms with Gasteiger partial charge in [0.05, 0.1) is 6.54 Å². The molecular formula is C21H39N7O. The van der Waals surface area contributed by atoms with Crippen LogP contribution >= 0.6 is 0 Å². The first kappa shape index (κ1) is 24.6. The maximum Gasteiger partial charge on any atom is 0.324 e. The van der Waals surface area contributed by atoms with E-state index in [9.17, 15) is 4.79 Å². The number of urea groups is 1. The third-order valence-corrected chi connectivity index (χ3v) is 4.88. The molecule has 0 spiro atoms. The number of carbonyl (C=O) groups excluding carboxylic acids is 1. The molecule has 8 nitrogen and oxygen atoms in total. The van der Waals surface area contributed by atoms with Crippen LogP contribution in [0.2, 0.25) is 0 Å². The van der Waals surface area contributed by atoms with Crippen molar-refractivity contribution >= 4 is 18.0 Å². The van der Waals surface area contributed by atoms with Crippen molar-refractivity contribution in [2.75, 3.05) is 32.7 Å². The Labute approximate surface area is 176 Å². The minimum absolute atomic E-state index is 0.130. The van der Waals surface area contributed by atoms with Gasteiger partial charge in [-0.25, -0.2) is 4.79 Å². The SMILES string of the molecule is C#CCNC(N)=NCCCCCCCN1CCCCCCCCN=C(N)NC1=O. The van der Waals surface area contributed by atoms with Crippen LogP contribution in [-0.2, 0) is 0 Å². The number of hydrogen-bond donors (Lipinski definition) is 4. The second kappa shape index (κ2) is 16.5. The topological polar surface area (TPSA) is 121 Å². The first-order chi connectivity index (χ1) is 14.1. The van der Waals surface area contributed by atoms with Crippen LogP contribution in [0, 0.1) is 12.3 Å². The van der Waals surface area contributed by atoms with Crippen LogP contribution in [0.4, 0.5) is 4.79 Å². The second-order valence-corrected chi connectivity index (χ2v) is 7.40. The number of hydrogen-bond acceptors (Lipinski definition) is 4. The lowest BCUT2D eigenvalue weighted by Gasteiger charge is -2.23. The molecular weight excluding hydrogens is 366 g/mol. The summed E-state index contributed by atoms with van der Waals surface area (Å²) in [6.45, 7) is 3.31. The van der Waals surface area contributed by atoms with Crippen molar-refractivity contribution < 1.29 is 4.79 Å². The summed E-state index contributed by atoms with van der Waals surface area (Å²) >= 11 is 0. The van der Waals surface area contributed by atoms with Gasteiger partial charge in [0.2, 0.25) is 0 Å². The van der Waals surface area contributed by atoms with Gasteiger partial charge in [-0.1, -0.05) is 50.9 Å². The number of nitrogens with one attached hydrogen (secondary N) is 2. The molecule has 0 atom stereocenters. The van der Waals surface area contributed by atoms with Gasteiger partial charge >= 0.3 is 6.03 Å². The molecule has 0 bridgehead atoms. The fraction of sp³-hybridized carbons (Fsp3) is 0.762. The predicted octanol–water partition coefficient (Wildman–Crippen LogP) is 2.15. The van der Waals surface area contributed by atoms with Crippen molar-refractivity contribution in [2.45, 2.75) is 70.6 Å². The molecule has 2 amide bonds. The third-order valence-electron chi connectivity index (χ3n) is 4.88. The van der Waals surface area contributed by atoms with Crippen molar-refractivity contribution in [1.82, 2.24) is 15.5 Å². The monoisotopic (exact) mass is 405 g/mol. The highest BCUT2D eigenvalue weighted by molar-refractivity contribution is 5.95. The summed E-state index contributed by atoms with van der Waals surface area (Å²) in [5.41, 5.74) is 11.5. The Morgan fingerprint density at radius 2 is 1.83 bits per heavy atom. The summed E-state index contributed by atoms with van der Waals surface area (Å²) in [5, 5.41) is 5.58. The number of nitrogens with zero attached hydrogens (tertiary/aromatic N) is 3. The molecule has 0 saturated heterocycles. The maximum absolute atomic E-state index is 12.5. The lowest BCUT2D eigenvalue weighted by molar-refractivity contribution is 0.200. The zero-order valence-corrected chi connectivity index (χ0v) is 17.8. The molecule has 0 fully saturated rings. The molecule has 0 unspecified atom stereocenters. The summed E-state index contributed by atoms with van der Waals surface area (Å²) in [6, 6.07) is -0.130. The van der Waals surface area contributed by atoms with Crippen LogP contribution in [0.15, 0.2) is 9.98 Å². The van der Waals surface area contributed by atoms with E-state index >= 15 is 0 Å². The highest BCUT2D eigenvalue weighted by Crippen LogP contribution is 2.09. The minimum atomic E-state index is -0.130. The van der Waals surface area contributed by atoms with E-state index in [0.717, 1.165) is 58.0 Å². The summed E-state index contributed by atoms with van der Waals surface area (Å²) in [7, 11) is 0. The highest BCUT2D eigenvalue weighted by Gasteiger charge is 2.14. The maximum atomic E-state index is 12.5. The largest absolute Gasteiger partial charge is 0.370 e. The molecule has 0 aromatic heterocycles. The van der Waals surface area contributed by atoms with Gasteiger partial charge in [-0.3, -0.25) is 15.3 Å². The molecule has 1 rings (SSSR count). The Morgan fingerprint density at radius 3 is 2.62 bits per heavy atom. The van der Waals surface area contributed by atoms with E-state index in [2.05, 4.69) is 26.5 Å². The van der Waals surface area contributed by atoms with Crippen molar-refractivity contribution in [3.63, 3.8) is 0 Å². The van der Waals surface area contributed by atoms with Crippen LogP contribution in [0.25, 0.3) is 0 Å². The Bertz CT molecular complexity index is 554. The summed E-state index contributed by atoms with van der Waals surface area (Å²) in [5.74, 6) is 3.10. The number of guanidine groups is 2. The van der Waals surface area contributed by atoms with Crippen LogP contribution in [0.5, 0.6) is 0 Å². The number of unbranched alkanes of at least 4 members (excludes halogenated alkanes) is 4. The van der Waals surface area contributed by atoms with Crippen molar-refractivity contribution in [2.24, 2.45) is 21.5 Å². The average Bonchev–Trinajstić information content (AvgIpc) is 2.71. The van der Waals surface area contributed by atoms with Gasteiger partial charge in [-0.05, 0) is 25.7 Å². The highest BCUT2D eigenvalue weighted by atomic mass is 16.2. The number of nitrogens with two attached hydrogens (primary N) is 2. The predicted molar refractivity (Wildman–Crippen MR) is 121 cm³/mol. The van der Waals surface area contributed by atoms with E-state index in [1.165, 1.54) is 25.7 Å². The minimum Gasteiger partial charge on any atom is -0.370 e. The van der Waals surface area contributed by atoms with Crippen molar-refractivity contribution in [1.29, 1.82) is 0 Å². The van der Waals surface area contributed by atoms with E-state index in [1.807, 2.05) is 4.90 Å². The van der Waals surface area contributed by atoms with Crippen molar-refractivity contribution in [3.05, 3.63) is 0 Å². The van der Waals surface area contributed by atoms with E-state index < -0.39 is 0 Å². The van der Waals surface area contributed by atoms with Gasteiger partial charge in [0.25, 0.3) is 0 Å². The first-order valence-electron chi connectivity index (χ1n) is 11.0. The third kappa shape index (κ3) is 13.4. The molecule has 0 radical (unpaired) electrons. The van der Waals surface area contributed by atoms with Crippen LogP contribution < -0.4 is 22.1 Å². The van der Waals surface area contributed by atoms with Gasteiger partial charge < -0.3 is 21.7 Å². The molecule has 0 aliphatic carbocycles. The average molecular weight is 406 g/mol. The molecule has 1 aliphatic heterocycles. The Hall–Kier alpha value is -2.43. The second-order valence-electron chi connectivity index (χ2n) is 7.40. The smallest absolute Gasteiger partial charge is 0.324 e. The quantitative estimate of drug-likeness (QED) is 0.203. The summed E-state index contributed by atoms with van der Waals surface area (Å²) in [4.78, 5) is 22.8. The fourth-order valence-corrected chi connectivity index (χ4v) is 3.21. The van der Waals surface area contributed by atoms with Crippen LogP contribution in [-0.4, -0.2) is 55.6 Å². The number of terminal acetylenes is 1. The molecule has 164 valence electrons. The lowest BCUT2D eigenvalue weighted by atomic mass is 10.1. The Kier molecular flexibility index (Phi) is 14.0. The van der Waals surface area contributed by atoms with Crippen molar-refractivity contribution in [3.8, 4) is 12.3 Å². The zero-order chi connectivity index (χ0) is 21.2. The first-order valence-corrected chi connectivity index (χ1v) is 11.0. The lowest BCUT2D eigenvalue weighted by Crippen LogP contribution is -2.46. The van der Waals surface area contributed by atoms with E-state index in [0.29, 0.717) is 25.6 Å². The normalized spacial score (nSPS) is 17.2. The van der Waals surface area contributed by atoms with Gasteiger partial charge in [-0.2, -0.15) is 0 Å². The molecule has 6 N–H and O–H groups in total. The molecule has 1 heterocycles. The van der Waals surface area contributed by atoms with E-state index in [-0.39, 0.29) is 12.0 Å². The number of amides is 2. The Morgan fingerprint density at radius 1 is 1.14 bits per heavy atom. The molecule has 0 aromatic carbocycles. The zero-order valence-electron chi connectivity index (χ0n) is 17.8. The van der Waals surface area contributed by atoms with E-state index in [4.69, 9.17) is 17.9 Å². The Balaban J connectivity index is 2.25. The van der Waals surface area contributed by atoms with E-state index in [1.54, 1.807) is 0 Å². The number of aliphatic imine (C=N–C) groups is 2. The summed E-state index contributed by atoms with van der Waals surface area (Å²) < 4.78 is 0. The molecule has 8 heteroatoms. The molecule has 1 aliphatic rings. The molecule has 0 aromatic rings. The fourth-order valence-electron chi connectivity index (χ4n) is 3.21. The van der Waals surface area contributed by atoms with Gasteiger partial charge in [0.15, 0.2) is 11.9 Å². The van der Waals surface area contributed by atoms with Crippen LogP contribution in [0.3, 0.4) is 0 Å². The standard InChI is InChI=1S/C21H39N7O/c1-2-14-24-19(22)25-15-10-7-5-9-13-18-28-17-12-8-4-3-6-11-16-26-20(23)27-21(28)29/h1H,3-18H2,(H3,22,24,25)(H3,23,26,27,29). The van der Waals surface area contributed by atoms with Gasteiger partial charge in [0, 0.05) is 26.2 Å². The summed E-state index contributed by atoms with van der Waals surface area (Å²) in [6.07, 6.45) is 17.3. The number of rotatable bonds is 9. The van der Waals surface area contributed by atoms with Gasteiger partial charge in [-0.15, -0.1) is 6.42 Å². The van der Waals surface area contributed by atoms with Gasteiger partial charge in [0.1, 0.15) is 0 Å². The number of carbonyl (C=O) groups is 1. The molecule has 0 saturated carbocycles. The molecule has 29 heavy (non-hydrogen) atoms. The van der Waals surface area contributed by atoms with Crippen LogP contribution in [0.1, 0.15) is 70.6 Å².